The third-order valence-electron chi connectivity index (χ3n) is 5.26. The van der Waals surface area contributed by atoms with Crippen molar-refractivity contribution in [2.75, 3.05) is 0 Å². The van der Waals surface area contributed by atoms with Crippen LogP contribution in [0.25, 0.3) is 11.1 Å². The molecule has 4 aromatic rings. The second-order valence-corrected chi connectivity index (χ2v) is 11.4. The number of ketones is 2. The molecule has 0 bridgehead atoms. The molecule has 0 N–H and O–H groups in total. The first kappa shape index (κ1) is 23.2. The van der Waals surface area contributed by atoms with Crippen molar-refractivity contribution in [2.45, 2.75) is 28.0 Å². The number of benzene rings is 4. The standard InChI is InChI=1S/C29H23BrO2S/c1-29(2,30)28(32)24-14-18-26(19-15-24)33-25-16-12-23(13-17-25)27(31)22-10-8-21(9-11-22)20-6-4-3-5-7-20/h3-19H,1-2H3. The molecule has 0 atom stereocenters. The summed E-state index contributed by atoms with van der Waals surface area (Å²) in [4.78, 5) is 27.3. The molecule has 4 rings (SSSR count). The van der Waals surface area contributed by atoms with Crippen molar-refractivity contribution in [3.8, 4) is 11.1 Å². The number of halogens is 1. The summed E-state index contributed by atoms with van der Waals surface area (Å²) in [5.41, 5.74) is 4.23. The molecule has 0 saturated carbocycles. The summed E-state index contributed by atoms with van der Waals surface area (Å²) in [6.45, 7) is 3.69. The van der Waals surface area contributed by atoms with Gasteiger partial charge in [-0.25, -0.2) is 0 Å². The molecule has 0 radical (unpaired) electrons. The van der Waals surface area contributed by atoms with Crippen LogP contribution in [0.2, 0.25) is 0 Å². The number of alkyl halides is 1. The van der Waals surface area contributed by atoms with Gasteiger partial charge in [0.05, 0.1) is 4.32 Å². The van der Waals surface area contributed by atoms with Crippen molar-refractivity contribution in [3.05, 3.63) is 120 Å². The van der Waals surface area contributed by atoms with Gasteiger partial charge in [-0.3, -0.25) is 9.59 Å². The van der Waals surface area contributed by atoms with Crippen LogP contribution < -0.4 is 0 Å². The molecule has 164 valence electrons. The molecular weight excluding hydrogens is 492 g/mol. The molecule has 0 amide bonds. The van der Waals surface area contributed by atoms with Gasteiger partial charge in [-0.2, -0.15) is 0 Å². The van der Waals surface area contributed by atoms with Gasteiger partial charge in [-0.1, -0.05) is 94.4 Å². The largest absolute Gasteiger partial charge is 0.293 e. The monoisotopic (exact) mass is 514 g/mol. The molecule has 0 aliphatic rings. The van der Waals surface area contributed by atoms with E-state index in [-0.39, 0.29) is 11.6 Å². The van der Waals surface area contributed by atoms with Gasteiger partial charge >= 0.3 is 0 Å². The zero-order valence-electron chi connectivity index (χ0n) is 18.4. The summed E-state index contributed by atoms with van der Waals surface area (Å²) in [6.07, 6.45) is 0. The van der Waals surface area contributed by atoms with Gasteiger partial charge in [-0.15, -0.1) is 0 Å². The Bertz CT molecular complexity index is 1250. The van der Waals surface area contributed by atoms with Crippen LogP contribution >= 0.6 is 27.7 Å². The molecule has 0 saturated heterocycles. The Hall–Kier alpha value is -2.95. The highest BCUT2D eigenvalue weighted by Gasteiger charge is 2.24. The van der Waals surface area contributed by atoms with Crippen molar-refractivity contribution < 1.29 is 9.59 Å². The Morgan fingerprint density at radius 1 is 0.606 bits per heavy atom. The Morgan fingerprint density at radius 2 is 1.03 bits per heavy atom. The second kappa shape index (κ2) is 9.90. The van der Waals surface area contributed by atoms with E-state index in [1.165, 1.54) is 0 Å². The Balaban J connectivity index is 1.43. The van der Waals surface area contributed by atoms with Crippen LogP contribution in [0.5, 0.6) is 0 Å². The SMILES string of the molecule is CC(C)(Br)C(=O)c1ccc(Sc2ccc(C(=O)c3ccc(-c4ccccc4)cc3)cc2)cc1. The second-order valence-electron chi connectivity index (χ2n) is 8.22. The highest BCUT2D eigenvalue weighted by atomic mass is 79.9. The van der Waals surface area contributed by atoms with E-state index in [1.807, 2.05) is 105 Å². The number of rotatable bonds is 7. The minimum atomic E-state index is -0.577. The zero-order chi connectivity index (χ0) is 23.4. The average Bonchev–Trinajstić information content (AvgIpc) is 2.84. The molecule has 0 aliphatic carbocycles. The summed E-state index contributed by atoms with van der Waals surface area (Å²) in [6, 6.07) is 33.1. The molecule has 0 aliphatic heterocycles. The quantitative estimate of drug-likeness (QED) is 0.184. The van der Waals surface area contributed by atoms with Gasteiger partial charge in [-0.05, 0) is 61.4 Å². The first-order valence-electron chi connectivity index (χ1n) is 10.6. The van der Waals surface area contributed by atoms with E-state index in [9.17, 15) is 9.59 Å². The van der Waals surface area contributed by atoms with Gasteiger partial charge in [0.1, 0.15) is 0 Å². The number of carbonyl (C=O) groups excluding carboxylic acids is 2. The maximum absolute atomic E-state index is 12.9. The van der Waals surface area contributed by atoms with Crippen LogP contribution in [0, 0.1) is 0 Å². The molecular formula is C29H23BrO2S. The first-order chi connectivity index (χ1) is 15.8. The summed E-state index contributed by atoms with van der Waals surface area (Å²) < 4.78 is -0.577. The summed E-state index contributed by atoms with van der Waals surface area (Å²) in [5, 5.41) is 0. The molecule has 4 aromatic carbocycles. The molecule has 0 fully saturated rings. The van der Waals surface area contributed by atoms with Crippen molar-refractivity contribution >= 4 is 39.3 Å². The minimum Gasteiger partial charge on any atom is -0.293 e. The van der Waals surface area contributed by atoms with Crippen LogP contribution in [0.3, 0.4) is 0 Å². The first-order valence-corrected chi connectivity index (χ1v) is 12.2. The number of hydrogen-bond donors (Lipinski definition) is 0. The van der Waals surface area contributed by atoms with Crippen LogP contribution in [-0.2, 0) is 0 Å². The fourth-order valence-corrected chi connectivity index (χ4v) is 4.48. The summed E-state index contributed by atoms with van der Waals surface area (Å²) in [5.74, 6) is 0.0603. The van der Waals surface area contributed by atoms with Crippen LogP contribution in [0.15, 0.2) is 113 Å². The molecule has 0 heterocycles. The zero-order valence-corrected chi connectivity index (χ0v) is 20.8. The highest BCUT2D eigenvalue weighted by molar-refractivity contribution is 9.10. The Morgan fingerprint density at radius 3 is 1.52 bits per heavy atom. The van der Waals surface area contributed by atoms with E-state index >= 15 is 0 Å². The predicted molar refractivity (Wildman–Crippen MR) is 140 cm³/mol. The van der Waals surface area contributed by atoms with E-state index in [4.69, 9.17) is 0 Å². The van der Waals surface area contributed by atoms with E-state index in [2.05, 4.69) is 28.1 Å². The van der Waals surface area contributed by atoms with Crippen LogP contribution in [0.1, 0.15) is 40.1 Å². The summed E-state index contributed by atoms with van der Waals surface area (Å²) in [7, 11) is 0. The van der Waals surface area contributed by atoms with E-state index in [1.54, 1.807) is 11.8 Å². The number of carbonyl (C=O) groups is 2. The fourth-order valence-electron chi connectivity index (χ4n) is 3.44. The fraction of sp³-hybridized carbons (Fsp3) is 0.103. The van der Waals surface area contributed by atoms with Gasteiger partial charge < -0.3 is 0 Å². The van der Waals surface area contributed by atoms with Crippen LogP contribution in [-0.4, -0.2) is 15.9 Å². The van der Waals surface area contributed by atoms with Crippen LogP contribution in [0.4, 0.5) is 0 Å². The molecule has 0 unspecified atom stereocenters. The normalized spacial score (nSPS) is 11.2. The number of Topliss-reactive ketones (excluding diaryl/α,β-unsaturated/α-hetero) is 1. The van der Waals surface area contributed by atoms with E-state index in [0.29, 0.717) is 16.7 Å². The topological polar surface area (TPSA) is 34.1 Å². The maximum Gasteiger partial charge on any atom is 0.193 e. The van der Waals surface area contributed by atoms with Gasteiger partial charge in [0, 0.05) is 26.5 Å². The van der Waals surface area contributed by atoms with Gasteiger partial charge in [0.15, 0.2) is 11.6 Å². The third kappa shape index (κ3) is 5.70. The molecule has 4 heteroatoms. The molecule has 2 nitrogen and oxygen atoms in total. The third-order valence-corrected chi connectivity index (χ3v) is 6.64. The molecule has 0 aromatic heterocycles. The smallest absolute Gasteiger partial charge is 0.193 e. The van der Waals surface area contributed by atoms with Crippen molar-refractivity contribution in [2.24, 2.45) is 0 Å². The van der Waals surface area contributed by atoms with Gasteiger partial charge in [0.25, 0.3) is 0 Å². The average molecular weight is 515 g/mol. The maximum atomic E-state index is 12.9. The van der Waals surface area contributed by atoms with Crippen molar-refractivity contribution in [1.29, 1.82) is 0 Å². The van der Waals surface area contributed by atoms with Gasteiger partial charge in [0.2, 0.25) is 0 Å². The molecule has 33 heavy (non-hydrogen) atoms. The van der Waals surface area contributed by atoms with Crippen molar-refractivity contribution in [3.63, 3.8) is 0 Å². The predicted octanol–water partition coefficient (Wildman–Crippen LogP) is 8.09. The highest BCUT2D eigenvalue weighted by Crippen LogP contribution is 2.30. The lowest BCUT2D eigenvalue weighted by Crippen LogP contribution is -2.23. The lowest BCUT2D eigenvalue weighted by atomic mass is 9.99. The van der Waals surface area contributed by atoms with E-state index in [0.717, 1.165) is 20.9 Å². The lowest BCUT2D eigenvalue weighted by molar-refractivity contribution is 0.0960. The van der Waals surface area contributed by atoms with Crippen molar-refractivity contribution in [1.82, 2.24) is 0 Å². The lowest BCUT2D eigenvalue weighted by Gasteiger charge is -2.14. The van der Waals surface area contributed by atoms with E-state index < -0.39 is 4.32 Å². The minimum absolute atomic E-state index is 0.00594. The molecule has 0 spiro atoms. The Kier molecular flexibility index (Phi) is 6.96. The number of hydrogen-bond acceptors (Lipinski definition) is 3. The summed E-state index contributed by atoms with van der Waals surface area (Å²) >= 11 is 5.02. The Labute approximate surface area is 207 Å².